The van der Waals surface area contributed by atoms with E-state index in [0.717, 1.165) is 12.0 Å². The first-order chi connectivity index (χ1) is 17.4. The van der Waals surface area contributed by atoms with Crippen LogP contribution < -0.4 is 26.5 Å². The molecule has 1 saturated heterocycles. The van der Waals surface area contributed by atoms with Gasteiger partial charge in [0.15, 0.2) is 0 Å². The highest BCUT2D eigenvalue weighted by Gasteiger charge is 2.36. The van der Waals surface area contributed by atoms with Crippen molar-refractivity contribution in [1.82, 2.24) is 5.01 Å². The number of nitrogens with two attached hydrogens (primary N) is 2. The zero-order valence-corrected chi connectivity index (χ0v) is 22.6. The lowest BCUT2D eigenvalue weighted by atomic mass is 10.1. The van der Waals surface area contributed by atoms with Crippen molar-refractivity contribution in [3.63, 3.8) is 0 Å². The first kappa shape index (κ1) is 28.0. The van der Waals surface area contributed by atoms with Crippen LogP contribution in [0, 0.1) is 5.92 Å². The topological polar surface area (TPSA) is 123 Å². The van der Waals surface area contributed by atoms with Gasteiger partial charge >= 0.3 is 0 Å². The Bertz CT molecular complexity index is 1140. The zero-order valence-electron chi connectivity index (χ0n) is 22.6. The molecular formula is C28H39N5O4. The highest BCUT2D eigenvalue weighted by atomic mass is 16.5. The number of hydrazine groups is 1. The van der Waals surface area contributed by atoms with Crippen molar-refractivity contribution >= 4 is 28.9 Å². The van der Waals surface area contributed by atoms with E-state index < -0.39 is 11.6 Å². The molecule has 1 fully saturated rings. The lowest BCUT2D eigenvalue weighted by molar-refractivity contribution is -0.187. The number of carbonyl (C=O) groups excluding carboxylic acids is 2. The minimum Gasteiger partial charge on any atom is -0.495 e. The molecule has 1 aliphatic rings. The highest BCUT2D eigenvalue weighted by molar-refractivity contribution is 6.04. The zero-order chi connectivity index (χ0) is 27.4. The molecule has 0 bridgehead atoms. The van der Waals surface area contributed by atoms with Gasteiger partial charge in [-0.25, -0.2) is 5.84 Å². The number of para-hydroxylation sites is 2. The van der Waals surface area contributed by atoms with Gasteiger partial charge < -0.3 is 25.4 Å². The summed E-state index contributed by atoms with van der Waals surface area (Å²) in [6.45, 7) is 10.1. The van der Waals surface area contributed by atoms with E-state index in [1.165, 1.54) is 5.01 Å². The fourth-order valence-electron chi connectivity index (χ4n) is 4.14. The largest absolute Gasteiger partial charge is 0.495 e. The Balaban J connectivity index is 1.63. The standard InChI is InChI=1S/C28H39N5O4/c1-7-27(2,3)37-28(4,5)33(30)18-22(29)19-12-14-21(15-13-19)31-26(35)20-16-25(34)32(17-20)23-10-8-9-11-24(23)36-6/h8-15,18,20H,7,16-17,29-30H2,1-6H3,(H,31,35)/b22-18-. The molecule has 2 aromatic rings. The van der Waals surface area contributed by atoms with E-state index in [1.807, 2.05) is 45.9 Å². The number of anilines is 2. The molecule has 0 radical (unpaired) electrons. The molecule has 1 heterocycles. The van der Waals surface area contributed by atoms with Crippen molar-refractivity contribution in [2.24, 2.45) is 17.5 Å². The molecular weight excluding hydrogens is 470 g/mol. The van der Waals surface area contributed by atoms with Crippen LogP contribution in [0.5, 0.6) is 5.75 Å². The maximum Gasteiger partial charge on any atom is 0.229 e. The number of ether oxygens (including phenoxy) is 2. The third kappa shape index (κ3) is 6.81. The Morgan fingerprint density at radius 2 is 1.81 bits per heavy atom. The predicted octanol–water partition coefficient (Wildman–Crippen LogP) is 4.06. The van der Waals surface area contributed by atoms with E-state index in [0.29, 0.717) is 22.8 Å². The molecule has 9 nitrogen and oxygen atoms in total. The van der Waals surface area contributed by atoms with Gasteiger partial charge in [-0.05, 0) is 63.9 Å². The predicted molar refractivity (Wildman–Crippen MR) is 146 cm³/mol. The van der Waals surface area contributed by atoms with Crippen molar-refractivity contribution in [3.05, 3.63) is 60.3 Å². The second-order valence-electron chi connectivity index (χ2n) is 10.3. The van der Waals surface area contributed by atoms with Crippen LogP contribution in [0.4, 0.5) is 11.4 Å². The highest BCUT2D eigenvalue weighted by Crippen LogP contribution is 2.33. The van der Waals surface area contributed by atoms with Gasteiger partial charge in [0.05, 0.1) is 30.0 Å². The van der Waals surface area contributed by atoms with Gasteiger partial charge in [-0.2, -0.15) is 0 Å². The summed E-state index contributed by atoms with van der Waals surface area (Å²) in [7, 11) is 1.56. The van der Waals surface area contributed by atoms with Crippen molar-refractivity contribution in [1.29, 1.82) is 0 Å². The fraction of sp³-hybridized carbons (Fsp3) is 0.429. The van der Waals surface area contributed by atoms with Gasteiger partial charge in [-0.15, -0.1) is 0 Å². The first-order valence-corrected chi connectivity index (χ1v) is 12.4. The van der Waals surface area contributed by atoms with Crippen LogP contribution in [0.1, 0.15) is 53.0 Å². The summed E-state index contributed by atoms with van der Waals surface area (Å²) >= 11 is 0. The van der Waals surface area contributed by atoms with Crippen LogP contribution in [0.2, 0.25) is 0 Å². The SMILES string of the molecule is CCC(C)(C)OC(C)(C)N(N)/C=C(\N)c1ccc(NC(=O)C2CC(=O)N(c3ccccc3OC)C2)cc1. The minimum absolute atomic E-state index is 0.113. The van der Waals surface area contributed by atoms with Gasteiger partial charge in [0.1, 0.15) is 11.5 Å². The summed E-state index contributed by atoms with van der Waals surface area (Å²) in [6, 6.07) is 14.4. The van der Waals surface area contributed by atoms with E-state index in [1.54, 1.807) is 48.5 Å². The second kappa shape index (κ2) is 11.2. The average Bonchev–Trinajstić information content (AvgIpc) is 3.25. The maximum atomic E-state index is 12.9. The van der Waals surface area contributed by atoms with Crippen LogP contribution in [0.25, 0.3) is 5.70 Å². The van der Waals surface area contributed by atoms with Gasteiger partial charge in [-0.3, -0.25) is 14.6 Å². The summed E-state index contributed by atoms with van der Waals surface area (Å²) in [4.78, 5) is 27.1. The molecule has 2 aromatic carbocycles. The Labute approximate surface area is 219 Å². The summed E-state index contributed by atoms with van der Waals surface area (Å²) < 4.78 is 11.5. The molecule has 1 aliphatic heterocycles. The number of methoxy groups -OCH3 is 1. The number of rotatable bonds is 10. The molecule has 0 aliphatic carbocycles. The molecule has 1 unspecified atom stereocenters. The number of hydrogen-bond acceptors (Lipinski definition) is 7. The van der Waals surface area contributed by atoms with Crippen molar-refractivity contribution < 1.29 is 19.1 Å². The summed E-state index contributed by atoms with van der Waals surface area (Å²) in [5.41, 5.74) is 7.67. The Kier molecular flexibility index (Phi) is 8.50. The number of benzene rings is 2. The molecule has 200 valence electrons. The number of nitrogens with zero attached hydrogens (tertiary/aromatic N) is 2. The Morgan fingerprint density at radius 1 is 1.16 bits per heavy atom. The monoisotopic (exact) mass is 509 g/mol. The van der Waals surface area contributed by atoms with Gasteiger partial charge in [0, 0.05) is 24.9 Å². The van der Waals surface area contributed by atoms with E-state index in [9.17, 15) is 9.59 Å². The summed E-state index contributed by atoms with van der Waals surface area (Å²) in [6.07, 6.45) is 2.61. The van der Waals surface area contributed by atoms with Crippen LogP contribution in [0.3, 0.4) is 0 Å². The molecule has 9 heteroatoms. The number of nitrogens with one attached hydrogen (secondary N) is 1. The van der Waals surface area contributed by atoms with E-state index in [4.69, 9.17) is 21.1 Å². The normalized spacial score (nSPS) is 16.6. The lowest BCUT2D eigenvalue weighted by Crippen LogP contribution is -2.51. The first-order valence-electron chi connectivity index (χ1n) is 12.4. The van der Waals surface area contributed by atoms with Gasteiger partial charge in [0.25, 0.3) is 0 Å². The lowest BCUT2D eigenvalue weighted by Gasteiger charge is -2.40. The molecule has 3 rings (SSSR count). The Hall–Kier alpha value is -3.56. The molecule has 0 aromatic heterocycles. The average molecular weight is 510 g/mol. The third-order valence-corrected chi connectivity index (χ3v) is 6.64. The summed E-state index contributed by atoms with van der Waals surface area (Å²) in [5.74, 6) is 6.05. The van der Waals surface area contributed by atoms with Crippen molar-refractivity contribution in [3.8, 4) is 5.75 Å². The third-order valence-electron chi connectivity index (χ3n) is 6.64. The number of hydrogen-bond donors (Lipinski definition) is 3. The van der Waals surface area contributed by atoms with Crippen LogP contribution in [0.15, 0.2) is 54.7 Å². The molecule has 5 N–H and O–H groups in total. The maximum absolute atomic E-state index is 12.9. The smallest absolute Gasteiger partial charge is 0.229 e. The van der Waals surface area contributed by atoms with Gasteiger partial charge in [-0.1, -0.05) is 31.2 Å². The van der Waals surface area contributed by atoms with Crippen molar-refractivity contribution in [2.45, 2.75) is 58.8 Å². The molecule has 0 saturated carbocycles. The number of carbonyl (C=O) groups is 2. The minimum atomic E-state index is -0.769. The molecule has 1 atom stereocenters. The molecule has 2 amide bonds. The Morgan fingerprint density at radius 3 is 2.43 bits per heavy atom. The van der Waals surface area contributed by atoms with E-state index in [-0.39, 0.29) is 30.4 Å². The quantitative estimate of drug-likeness (QED) is 0.251. The van der Waals surface area contributed by atoms with E-state index >= 15 is 0 Å². The van der Waals surface area contributed by atoms with Crippen LogP contribution in [-0.4, -0.2) is 41.8 Å². The fourth-order valence-corrected chi connectivity index (χ4v) is 4.14. The molecule has 0 spiro atoms. The van der Waals surface area contributed by atoms with Crippen LogP contribution in [-0.2, 0) is 14.3 Å². The van der Waals surface area contributed by atoms with Crippen LogP contribution >= 0.6 is 0 Å². The number of amides is 2. The summed E-state index contributed by atoms with van der Waals surface area (Å²) in [5, 5.41) is 4.36. The second-order valence-corrected chi connectivity index (χ2v) is 10.3. The van der Waals surface area contributed by atoms with Crippen molar-refractivity contribution in [2.75, 3.05) is 23.9 Å². The van der Waals surface area contributed by atoms with Gasteiger partial charge in [0.2, 0.25) is 11.8 Å². The van der Waals surface area contributed by atoms with E-state index in [2.05, 4.69) is 12.2 Å². The molecule has 37 heavy (non-hydrogen) atoms.